The van der Waals surface area contributed by atoms with Gasteiger partial charge in [0.25, 0.3) is 0 Å². The van der Waals surface area contributed by atoms with Gasteiger partial charge in [0.15, 0.2) is 0 Å². The van der Waals surface area contributed by atoms with E-state index in [0.717, 1.165) is 12.1 Å². The third-order valence-electron chi connectivity index (χ3n) is 3.37. The first kappa shape index (κ1) is 10.6. The monoisotopic (exact) mass is 204 g/mol. The molecule has 1 heterocycles. The van der Waals surface area contributed by atoms with Crippen LogP contribution in [0.25, 0.3) is 0 Å². The zero-order valence-electron chi connectivity index (χ0n) is 9.45. The molecule has 1 fully saturated rings. The molecule has 0 aliphatic heterocycles. The molecule has 1 aliphatic rings. The summed E-state index contributed by atoms with van der Waals surface area (Å²) in [5.41, 5.74) is 8.54. The lowest BCUT2D eigenvalue weighted by molar-refractivity contribution is 0.534. The van der Waals surface area contributed by atoms with Gasteiger partial charge in [-0.05, 0) is 43.7 Å². The number of pyridine rings is 1. The van der Waals surface area contributed by atoms with Crippen LogP contribution in [0.15, 0.2) is 18.3 Å². The summed E-state index contributed by atoms with van der Waals surface area (Å²) in [6, 6.07) is 4.70. The molecule has 2 atom stereocenters. The molecule has 1 saturated carbocycles. The first-order valence-corrected chi connectivity index (χ1v) is 5.94. The molecule has 0 saturated heterocycles. The Morgan fingerprint density at radius 2 is 2.07 bits per heavy atom. The van der Waals surface area contributed by atoms with E-state index in [-0.39, 0.29) is 0 Å². The Bertz CT molecular complexity index is 305. The number of hydrogen-bond donors (Lipinski definition) is 1. The van der Waals surface area contributed by atoms with Crippen molar-refractivity contribution in [3.8, 4) is 0 Å². The summed E-state index contributed by atoms with van der Waals surface area (Å²) in [4.78, 5) is 4.37. The van der Waals surface area contributed by atoms with Gasteiger partial charge in [0.2, 0.25) is 0 Å². The highest BCUT2D eigenvalue weighted by molar-refractivity contribution is 5.18. The molecular weight excluding hydrogens is 184 g/mol. The van der Waals surface area contributed by atoms with Crippen LogP contribution in [-0.4, -0.2) is 11.0 Å². The van der Waals surface area contributed by atoms with E-state index < -0.39 is 0 Å². The lowest BCUT2D eigenvalue weighted by Crippen LogP contribution is -2.20. The van der Waals surface area contributed by atoms with Crippen LogP contribution < -0.4 is 5.73 Å². The second-order valence-corrected chi connectivity index (χ2v) is 4.71. The van der Waals surface area contributed by atoms with Gasteiger partial charge in [0.1, 0.15) is 0 Å². The summed E-state index contributed by atoms with van der Waals surface area (Å²) in [6.45, 7) is 2.03. The van der Waals surface area contributed by atoms with Crippen molar-refractivity contribution in [2.24, 2.45) is 5.73 Å². The van der Waals surface area contributed by atoms with Gasteiger partial charge in [-0.1, -0.05) is 18.9 Å². The minimum atomic E-state index is 0.388. The fourth-order valence-corrected chi connectivity index (χ4v) is 2.42. The molecule has 2 heteroatoms. The molecule has 1 aromatic rings. The third kappa shape index (κ3) is 2.78. The summed E-state index contributed by atoms with van der Waals surface area (Å²) in [5.74, 6) is 0.635. The summed E-state index contributed by atoms with van der Waals surface area (Å²) >= 11 is 0. The molecule has 0 bridgehead atoms. The van der Waals surface area contributed by atoms with Crippen molar-refractivity contribution < 1.29 is 0 Å². The second-order valence-electron chi connectivity index (χ2n) is 4.71. The number of aromatic nitrogens is 1. The topological polar surface area (TPSA) is 38.9 Å². The Balaban J connectivity index is 2.11. The maximum Gasteiger partial charge on any atom is 0.0372 e. The van der Waals surface area contributed by atoms with E-state index in [0.29, 0.717) is 12.0 Å². The van der Waals surface area contributed by atoms with Gasteiger partial charge >= 0.3 is 0 Å². The van der Waals surface area contributed by atoms with Gasteiger partial charge < -0.3 is 5.73 Å². The van der Waals surface area contributed by atoms with Crippen molar-refractivity contribution in [2.45, 2.75) is 51.0 Å². The van der Waals surface area contributed by atoms with Crippen molar-refractivity contribution >= 4 is 0 Å². The number of nitrogens with two attached hydrogens (primary N) is 1. The van der Waals surface area contributed by atoms with Crippen LogP contribution >= 0.6 is 0 Å². The summed E-state index contributed by atoms with van der Waals surface area (Å²) in [5, 5.41) is 0. The molecule has 1 aromatic heterocycles. The van der Waals surface area contributed by atoms with E-state index >= 15 is 0 Å². The Labute approximate surface area is 91.9 Å². The molecule has 1 aliphatic carbocycles. The fraction of sp³-hybridized carbons (Fsp3) is 0.615. The molecule has 0 radical (unpaired) electrons. The first-order valence-electron chi connectivity index (χ1n) is 5.94. The van der Waals surface area contributed by atoms with Gasteiger partial charge in [-0.15, -0.1) is 0 Å². The maximum atomic E-state index is 6.07. The quantitative estimate of drug-likeness (QED) is 0.714. The van der Waals surface area contributed by atoms with Crippen LogP contribution in [0.5, 0.6) is 0 Å². The van der Waals surface area contributed by atoms with Gasteiger partial charge in [-0.25, -0.2) is 0 Å². The van der Waals surface area contributed by atoms with Crippen molar-refractivity contribution in [1.82, 2.24) is 4.98 Å². The Hall–Kier alpha value is -0.890. The lowest BCUT2D eigenvalue weighted by atomic mass is 9.91. The third-order valence-corrected chi connectivity index (χ3v) is 3.37. The number of nitrogens with zero attached hydrogens (tertiary/aromatic N) is 1. The summed E-state index contributed by atoms with van der Waals surface area (Å²) in [7, 11) is 0. The lowest BCUT2D eigenvalue weighted by Gasteiger charge is -2.17. The molecule has 2 nitrogen and oxygen atoms in total. The number of hydrogen-bond acceptors (Lipinski definition) is 2. The average Bonchev–Trinajstić information content (AvgIpc) is 2.44. The highest BCUT2D eigenvalue weighted by Crippen LogP contribution is 2.30. The van der Waals surface area contributed by atoms with Crippen LogP contribution in [0.2, 0.25) is 0 Å². The minimum Gasteiger partial charge on any atom is -0.328 e. The van der Waals surface area contributed by atoms with E-state index in [1.807, 2.05) is 13.1 Å². The SMILES string of the molecule is Cc1ccc(C2CCCCC(N)C2)cn1. The molecular formula is C13H20N2. The maximum absolute atomic E-state index is 6.07. The van der Waals surface area contributed by atoms with Gasteiger partial charge in [-0.2, -0.15) is 0 Å². The summed E-state index contributed by atoms with van der Waals surface area (Å²) < 4.78 is 0. The smallest absolute Gasteiger partial charge is 0.0372 e. The van der Waals surface area contributed by atoms with Crippen LogP contribution in [0.3, 0.4) is 0 Å². The minimum absolute atomic E-state index is 0.388. The summed E-state index contributed by atoms with van der Waals surface area (Å²) in [6.07, 6.45) is 8.22. The van der Waals surface area contributed by atoms with E-state index in [9.17, 15) is 0 Å². The molecule has 15 heavy (non-hydrogen) atoms. The first-order chi connectivity index (χ1) is 7.25. The Kier molecular flexibility index (Phi) is 3.37. The molecule has 0 aromatic carbocycles. The predicted molar refractivity (Wildman–Crippen MR) is 62.8 cm³/mol. The largest absolute Gasteiger partial charge is 0.328 e. The van der Waals surface area contributed by atoms with Crippen molar-refractivity contribution in [2.75, 3.05) is 0 Å². The Morgan fingerprint density at radius 3 is 2.80 bits per heavy atom. The van der Waals surface area contributed by atoms with E-state index in [2.05, 4.69) is 17.1 Å². The van der Waals surface area contributed by atoms with E-state index in [1.54, 1.807) is 0 Å². The van der Waals surface area contributed by atoms with Gasteiger partial charge in [0.05, 0.1) is 0 Å². The molecule has 2 N–H and O–H groups in total. The number of rotatable bonds is 1. The molecule has 0 amide bonds. The Morgan fingerprint density at radius 1 is 1.27 bits per heavy atom. The zero-order valence-corrected chi connectivity index (χ0v) is 9.45. The fourth-order valence-electron chi connectivity index (χ4n) is 2.42. The average molecular weight is 204 g/mol. The standard InChI is InChI=1S/C13H20N2/c1-10-6-7-12(9-15-10)11-4-2-3-5-13(14)8-11/h6-7,9,11,13H,2-5,8,14H2,1H3. The van der Waals surface area contributed by atoms with Crippen molar-refractivity contribution in [3.63, 3.8) is 0 Å². The second kappa shape index (κ2) is 4.75. The predicted octanol–water partition coefficient (Wildman–Crippen LogP) is 2.77. The van der Waals surface area contributed by atoms with Crippen LogP contribution in [-0.2, 0) is 0 Å². The molecule has 2 rings (SSSR count). The van der Waals surface area contributed by atoms with Gasteiger partial charge in [0, 0.05) is 17.9 Å². The normalized spacial score (nSPS) is 27.3. The molecule has 82 valence electrons. The van der Waals surface area contributed by atoms with E-state index in [1.165, 1.54) is 31.2 Å². The van der Waals surface area contributed by atoms with Crippen LogP contribution in [0.1, 0.15) is 49.3 Å². The molecule has 0 spiro atoms. The van der Waals surface area contributed by atoms with Crippen molar-refractivity contribution in [1.29, 1.82) is 0 Å². The molecule has 2 unspecified atom stereocenters. The van der Waals surface area contributed by atoms with E-state index in [4.69, 9.17) is 5.73 Å². The van der Waals surface area contributed by atoms with Crippen LogP contribution in [0.4, 0.5) is 0 Å². The van der Waals surface area contributed by atoms with Crippen molar-refractivity contribution in [3.05, 3.63) is 29.6 Å². The van der Waals surface area contributed by atoms with Crippen LogP contribution in [0, 0.1) is 6.92 Å². The van der Waals surface area contributed by atoms with Gasteiger partial charge in [-0.3, -0.25) is 4.98 Å². The highest BCUT2D eigenvalue weighted by Gasteiger charge is 2.18. The number of aryl methyl sites for hydroxylation is 1. The highest BCUT2D eigenvalue weighted by atomic mass is 14.7. The zero-order chi connectivity index (χ0) is 10.7.